The van der Waals surface area contributed by atoms with Gasteiger partial charge in [0, 0.05) is 11.3 Å². The second-order valence-electron chi connectivity index (χ2n) is 8.73. The Morgan fingerprint density at radius 1 is 1.00 bits per heavy atom. The number of nitrogens with zero attached hydrogens (tertiary/aromatic N) is 1. The van der Waals surface area contributed by atoms with Crippen LogP contribution in [0.3, 0.4) is 0 Å². The van der Waals surface area contributed by atoms with Crippen molar-refractivity contribution in [2.75, 3.05) is 10.2 Å². The number of aryl methyl sites for hydroxylation is 1. The van der Waals surface area contributed by atoms with Gasteiger partial charge in [-0.25, -0.2) is 4.90 Å². The predicted octanol–water partition coefficient (Wildman–Crippen LogP) is 4.26. The molecule has 3 aliphatic rings. The van der Waals surface area contributed by atoms with Crippen molar-refractivity contribution in [3.8, 4) is 0 Å². The van der Waals surface area contributed by atoms with E-state index in [2.05, 4.69) is 18.3 Å². The summed E-state index contributed by atoms with van der Waals surface area (Å²) in [4.78, 5) is 40.4. The van der Waals surface area contributed by atoms with E-state index in [-0.39, 0.29) is 41.4 Å². The Morgan fingerprint density at radius 3 is 2.53 bits per heavy atom. The molecule has 2 aliphatic carbocycles. The van der Waals surface area contributed by atoms with Crippen molar-refractivity contribution < 1.29 is 14.4 Å². The van der Waals surface area contributed by atoms with Gasteiger partial charge in [-0.15, -0.1) is 0 Å². The topological polar surface area (TPSA) is 66.5 Å². The first kappa shape index (κ1) is 18.8. The molecule has 0 unspecified atom stereocenters. The third kappa shape index (κ3) is 2.65. The average Bonchev–Trinajstić information content (AvgIpc) is 3.36. The molecule has 0 spiro atoms. The van der Waals surface area contributed by atoms with E-state index in [1.807, 2.05) is 32.0 Å². The summed E-state index contributed by atoms with van der Waals surface area (Å²) >= 11 is 0. The molecule has 2 aromatic carbocycles. The summed E-state index contributed by atoms with van der Waals surface area (Å²) in [6, 6.07) is 12.6. The lowest BCUT2D eigenvalue weighted by Gasteiger charge is -2.19. The van der Waals surface area contributed by atoms with E-state index in [4.69, 9.17) is 0 Å². The number of hydrogen-bond donors (Lipinski definition) is 1. The van der Waals surface area contributed by atoms with Crippen LogP contribution in [0.5, 0.6) is 0 Å². The molecule has 1 aliphatic heterocycles. The Labute approximate surface area is 175 Å². The largest absolute Gasteiger partial charge is 0.322 e. The summed E-state index contributed by atoms with van der Waals surface area (Å²) in [6.45, 7) is 6.02. The van der Waals surface area contributed by atoms with E-state index in [9.17, 15) is 14.4 Å². The van der Waals surface area contributed by atoms with Crippen LogP contribution in [0.15, 0.2) is 54.1 Å². The van der Waals surface area contributed by atoms with Crippen molar-refractivity contribution in [1.82, 2.24) is 0 Å². The van der Waals surface area contributed by atoms with Crippen LogP contribution in [-0.2, 0) is 9.59 Å². The van der Waals surface area contributed by atoms with Crippen molar-refractivity contribution >= 4 is 29.1 Å². The summed E-state index contributed by atoms with van der Waals surface area (Å²) in [5, 5.41) is 2.94. The normalized spacial score (nSPS) is 26.8. The van der Waals surface area contributed by atoms with E-state index >= 15 is 0 Å². The molecule has 5 heteroatoms. The third-order valence-electron chi connectivity index (χ3n) is 7.10. The molecule has 1 saturated heterocycles. The van der Waals surface area contributed by atoms with Gasteiger partial charge in [-0.1, -0.05) is 29.8 Å². The van der Waals surface area contributed by atoms with E-state index in [0.29, 0.717) is 11.3 Å². The maximum absolute atomic E-state index is 13.2. The lowest BCUT2D eigenvalue weighted by Crippen LogP contribution is -2.33. The summed E-state index contributed by atoms with van der Waals surface area (Å²) < 4.78 is 0. The third-order valence-corrected chi connectivity index (χ3v) is 7.10. The minimum atomic E-state index is -0.262. The van der Waals surface area contributed by atoms with Crippen molar-refractivity contribution in [2.24, 2.45) is 23.7 Å². The number of benzene rings is 2. The molecule has 1 heterocycles. The highest BCUT2D eigenvalue weighted by Crippen LogP contribution is 2.55. The fourth-order valence-electron chi connectivity index (χ4n) is 5.40. The number of rotatable bonds is 3. The van der Waals surface area contributed by atoms with Crippen LogP contribution in [0, 0.1) is 37.5 Å². The van der Waals surface area contributed by atoms with Gasteiger partial charge >= 0.3 is 0 Å². The molecule has 5 rings (SSSR count). The van der Waals surface area contributed by atoms with E-state index in [1.54, 1.807) is 24.3 Å². The lowest BCUT2D eigenvalue weighted by atomic mass is 9.82. The highest BCUT2D eigenvalue weighted by atomic mass is 16.2. The number of anilines is 2. The van der Waals surface area contributed by atoms with Gasteiger partial charge in [-0.05, 0) is 74.4 Å². The summed E-state index contributed by atoms with van der Waals surface area (Å²) in [5.74, 6) is -0.680. The van der Waals surface area contributed by atoms with Gasteiger partial charge < -0.3 is 5.32 Å². The molecular formula is C25H24N2O3. The van der Waals surface area contributed by atoms with E-state index in [1.165, 1.54) is 10.5 Å². The van der Waals surface area contributed by atoms with Gasteiger partial charge in [0.1, 0.15) is 0 Å². The van der Waals surface area contributed by atoms with Gasteiger partial charge in [0.15, 0.2) is 0 Å². The van der Waals surface area contributed by atoms with E-state index in [0.717, 1.165) is 23.2 Å². The molecule has 2 aromatic rings. The number of allylic oxidation sites excluding steroid dienone is 2. The van der Waals surface area contributed by atoms with Crippen LogP contribution >= 0.6 is 0 Å². The Bertz CT molecular complexity index is 1130. The smallest absolute Gasteiger partial charge is 0.255 e. The molecule has 4 atom stereocenters. The van der Waals surface area contributed by atoms with Gasteiger partial charge in [0.05, 0.1) is 17.5 Å². The monoisotopic (exact) mass is 400 g/mol. The Hall–Kier alpha value is -3.21. The SMILES string of the molecule is CC1=C[C@@H]2C[C@@H]1[C@@H]1C(=O)N(c3cccc(C(=O)Nc4cccc(C)c4C)c3)C(=O)[C@@H]12. The summed E-state index contributed by atoms with van der Waals surface area (Å²) in [5.41, 5.74) is 4.99. The number of imide groups is 1. The summed E-state index contributed by atoms with van der Waals surface area (Å²) in [6.07, 6.45) is 3.07. The first-order chi connectivity index (χ1) is 14.4. The maximum atomic E-state index is 13.2. The number of nitrogens with one attached hydrogen (secondary N) is 1. The second-order valence-corrected chi connectivity index (χ2v) is 8.73. The average molecular weight is 400 g/mol. The molecule has 2 bridgehead atoms. The number of fused-ring (bicyclic) bond motifs is 5. The fraction of sp³-hybridized carbons (Fsp3) is 0.320. The molecule has 3 amide bonds. The van der Waals surface area contributed by atoms with E-state index < -0.39 is 0 Å². The van der Waals surface area contributed by atoms with Gasteiger partial charge in [-0.3, -0.25) is 14.4 Å². The zero-order valence-electron chi connectivity index (χ0n) is 17.3. The highest BCUT2D eigenvalue weighted by molar-refractivity contribution is 6.23. The molecule has 0 radical (unpaired) electrons. The second kappa shape index (κ2) is 6.66. The first-order valence-corrected chi connectivity index (χ1v) is 10.4. The molecule has 1 saturated carbocycles. The highest BCUT2D eigenvalue weighted by Gasteiger charge is 2.60. The van der Waals surface area contributed by atoms with Gasteiger partial charge in [0.25, 0.3) is 5.91 Å². The Kier molecular flexibility index (Phi) is 4.17. The van der Waals surface area contributed by atoms with Crippen LogP contribution < -0.4 is 10.2 Å². The van der Waals surface area contributed by atoms with Crippen LogP contribution in [0.1, 0.15) is 34.8 Å². The molecule has 2 fully saturated rings. The van der Waals surface area contributed by atoms with Crippen molar-refractivity contribution in [3.63, 3.8) is 0 Å². The maximum Gasteiger partial charge on any atom is 0.255 e. The molecule has 5 nitrogen and oxygen atoms in total. The number of amides is 3. The Morgan fingerprint density at radius 2 is 1.73 bits per heavy atom. The molecular weight excluding hydrogens is 376 g/mol. The first-order valence-electron chi connectivity index (χ1n) is 10.4. The van der Waals surface area contributed by atoms with Crippen molar-refractivity contribution in [3.05, 3.63) is 70.8 Å². The Balaban J connectivity index is 1.42. The van der Waals surface area contributed by atoms with Gasteiger partial charge in [-0.2, -0.15) is 0 Å². The van der Waals surface area contributed by atoms with Crippen LogP contribution in [0.2, 0.25) is 0 Å². The fourth-order valence-corrected chi connectivity index (χ4v) is 5.40. The lowest BCUT2D eigenvalue weighted by molar-refractivity contribution is -0.123. The molecule has 1 N–H and O–H groups in total. The minimum absolute atomic E-state index is 0.128. The summed E-state index contributed by atoms with van der Waals surface area (Å²) in [7, 11) is 0. The molecule has 30 heavy (non-hydrogen) atoms. The molecule has 0 aromatic heterocycles. The van der Waals surface area contributed by atoms with Crippen molar-refractivity contribution in [1.29, 1.82) is 0 Å². The van der Waals surface area contributed by atoms with Crippen LogP contribution in [-0.4, -0.2) is 17.7 Å². The zero-order valence-corrected chi connectivity index (χ0v) is 17.3. The molecule has 152 valence electrons. The number of hydrogen-bond acceptors (Lipinski definition) is 3. The quantitative estimate of drug-likeness (QED) is 0.618. The van der Waals surface area contributed by atoms with Crippen molar-refractivity contribution in [2.45, 2.75) is 27.2 Å². The standard InChI is InChI=1S/C25H24N2O3/c1-13-6-4-9-20(15(13)3)26-23(28)16-7-5-8-18(11-16)27-24(29)21-17-10-14(2)19(12-17)22(21)25(27)30/h4-11,17,19,21-22H,12H2,1-3H3,(H,26,28)/t17-,19+,21-,22+/m1/s1. The predicted molar refractivity (Wildman–Crippen MR) is 115 cm³/mol. The zero-order chi connectivity index (χ0) is 21.2. The van der Waals surface area contributed by atoms with Crippen LogP contribution in [0.25, 0.3) is 0 Å². The number of carbonyl (C=O) groups is 3. The van der Waals surface area contributed by atoms with Gasteiger partial charge in [0.2, 0.25) is 11.8 Å². The minimum Gasteiger partial charge on any atom is -0.322 e. The van der Waals surface area contributed by atoms with Crippen LogP contribution in [0.4, 0.5) is 11.4 Å². The number of carbonyl (C=O) groups excluding carboxylic acids is 3.